The Morgan fingerprint density at radius 1 is 1.23 bits per heavy atom. The molecule has 2 N–H and O–H groups in total. The number of hydrazone groups is 1. The predicted molar refractivity (Wildman–Crippen MR) is 112 cm³/mol. The summed E-state index contributed by atoms with van der Waals surface area (Å²) in [7, 11) is 0. The summed E-state index contributed by atoms with van der Waals surface area (Å²) in [5.41, 5.74) is 2.69. The minimum Gasteiger partial charge on any atom is -0.465 e. The van der Waals surface area contributed by atoms with Gasteiger partial charge in [0.25, 0.3) is 5.91 Å². The summed E-state index contributed by atoms with van der Waals surface area (Å²) >= 11 is 12.6. The van der Waals surface area contributed by atoms with Gasteiger partial charge in [0, 0.05) is 22.2 Å². The third-order valence-electron chi connectivity index (χ3n) is 4.10. The van der Waals surface area contributed by atoms with Crippen LogP contribution >= 0.6 is 23.2 Å². The topological polar surface area (TPSA) is 130 Å². The van der Waals surface area contributed by atoms with Gasteiger partial charge in [0.2, 0.25) is 5.71 Å². The van der Waals surface area contributed by atoms with Gasteiger partial charge in [-0.15, -0.1) is 0 Å². The SMILES string of the molecule is CCN(C(=O)O)C(=O)C(C#N)=NNc1cc(Cl)c(C(C#N)c2ccc(F)cc2)c(Cl)c1. The Labute approximate surface area is 186 Å². The molecular formula is C20H14Cl2FN5O3. The van der Waals surface area contributed by atoms with Gasteiger partial charge < -0.3 is 5.11 Å². The van der Waals surface area contributed by atoms with Gasteiger partial charge in [0.1, 0.15) is 11.9 Å². The van der Waals surface area contributed by atoms with E-state index in [-0.39, 0.29) is 27.8 Å². The zero-order valence-corrected chi connectivity index (χ0v) is 17.4. The lowest BCUT2D eigenvalue weighted by Gasteiger charge is -2.16. The number of imide groups is 1. The van der Waals surface area contributed by atoms with Crippen molar-refractivity contribution in [3.8, 4) is 12.1 Å². The number of nitriles is 2. The van der Waals surface area contributed by atoms with Crippen LogP contribution < -0.4 is 5.43 Å². The number of carbonyl (C=O) groups is 2. The molecule has 1 atom stereocenters. The molecule has 8 nitrogen and oxygen atoms in total. The highest BCUT2D eigenvalue weighted by atomic mass is 35.5. The highest BCUT2D eigenvalue weighted by molar-refractivity contribution is 6.46. The van der Waals surface area contributed by atoms with Crippen molar-refractivity contribution >= 4 is 46.6 Å². The predicted octanol–water partition coefficient (Wildman–Crippen LogP) is 4.61. The fourth-order valence-corrected chi connectivity index (χ4v) is 3.33. The molecule has 0 spiro atoms. The Morgan fingerprint density at radius 3 is 2.26 bits per heavy atom. The first-order chi connectivity index (χ1) is 14.7. The Morgan fingerprint density at radius 2 is 1.81 bits per heavy atom. The van der Waals surface area contributed by atoms with Crippen LogP contribution in [-0.2, 0) is 4.79 Å². The van der Waals surface area contributed by atoms with E-state index in [0.29, 0.717) is 10.5 Å². The van der Waals surface area contributed by atoms with Gasteiger partial charge in [-0.05, 0) is 36.8 Å². The second-order valence-electron chi connectivity index (χ2n) is 5.98. The summed E-state index contributed by atoms with van der Waals surface area (Å²) in [5.74, 6) is -2.43. The van der Waals surface area contributed by atoms with E-state index in [1.807, 2.05) is 0 Å². The number of hydrogen-bond donors (Lipinski definition) is 2. The molecule has 0 radical (unpaired) electrons. The van der Waals surface area contributed by atoms with Crippen LogP contribution in [0.25, 0.3) is 0 Å². The molecule has 0 aliphatic carbocycles. The number of anilines is 1. The summed E-state index contributed by atoms with van der Waals surface area (Å²) in [4.78, 5) is 23.6. The Bertz CT molecular complexity index is 1100. The average Bonchev–Trinajstić information content (AvgIpc) is 2.72. The molecule has 0 saturated heterocycles. The van der Waals surface area contributed by atoms with Crippen LogP contribution in [0.5, 0.6) is 0 Å². The Kier molecular flexibility index (Phi) is 7.92. The van der Waals surface area contributed by atoms with Gasteiger partial charge >= 0.3 is 6.09 Å². The van der Waals surface area contributed by atoms with Crippen molar-refractivity contribution in [2.75, 3.05) is 12.0 Å². The van der Waals surface area contributed by atoms with Gasteiger partial charge in [0.05, 0.1) is 17.7 Å². The fourth-order valence-electron chi connectivity index (χ4n) is 2.62. The van der Waals surface area contributed by atoms with Crippen molar-refractivity contribution in [1.29, 1.82) is 10.5 Å². The number of nitrogens with one attached hydrogen (secondary N) is 1. The number of carbonyl (C=O) groups excluding carboxylic acids is 1. The van der Waals surface area contributed by atoms with Crippen molar-refractivity contribution in [1.82, 2.24) is 4.90 Å². The van der Waals surface area contributed by atoms with E-state index in [2.05, 4.69) is 16.6 Å². The van der Waals surface area contributed by atoms with Gasteiger partial charge in [-0.1, -0.05) is 35.3 Å². The summed E-state index contributed by atoms with van der Waals surface area (Å²) in [6, 6.07) is 11.6. The first kappa shape index (κ1) is 23.6. The minimum atomic E-state index is -1.52. The highest BCUT2D eigenvalue weighted by Crippen LogP contribution is 2.37. The van der Waals surface area contributed by atoms with Crippen molar-refractivity contribution in [3.63, 3.8) is 0 Å². The molecule has 0 bridgehead atoms. The van der Waals surface area contributed by atoms with Crippen LogP contribution in [0, 0.1) is 28.5 Å². The second-order valence-corrected chi connectivity index (χ2v) is 6.80. The molecule has 1 unspecified atom stereocenters. The first-order valence-electron chi connectivity index (χ1n) is 8.66. The molecule has 2 rings (SSSR count). The van der Waals surface area contributed by atoms with Crippen LogP contribution in [0.1, 0.15) is 24.0 Å². The van der Waals surface area contributed by atoms with E-state index in [9.17, 15) is 19.2 Å². The van der Waals surface area contributed by atoms with E-state index in [4.69, 9.17) is 33.6 Å². The number of nitrogens with zero attached hydrogens (tertiary/aromatic N) is 4. The maximum Gasteiger partial charge on any atom is 0.414 e. The zero-order chi connectivity index (χ0) is 23.1. The Hall–Kier alpha value is -3.66. The van der Waals surface area contributed by atoms with Crippen LogP contribution in [0.2, 0.25) is 10.0 Å². The molecule has 0 fully saturated rings. The van der Waals surface area contributed by atoms with E-state index in [1.54, 1.807) is 0 Å². The first-order valence-corrected chi connectivity index (χ1v) is 9.41. The summed E-state index contributed by atoms with van der Waals surface area (Å²) < 4.78 is 13.2. The number of halogens is 3. The normalized spacial score (nSPS) is 11.7. The van der Waals surface area contributed by atoms with Gasteiger partial charge in [0.15, 0.2) is 0 Å². The second kappa shape index (κ2) is 10.4. The number of hydrogen-bond acceptors (Lipinski definition) is 6. The van der Waals surface area contributed by atoms with Gasteiger partial charge in [-0.2, -0.15) is 15.6 Å². The third kappa shape index (κ3) is 5.48. The van der Waals surface area contributed by atoms with Crippen molar-refractivity contribution in [3.05, 3.63) is 63.4 Å². The van der Waals surface area contributed by atoms with Crippen molar-refractivity contribution < 1.29 is 19.1 Å². The van der Waals surface area contributed by atoms with Crippen LogP contribution in [0.3, 0.4) is 0 Å². The molecule has 2 amide bonds. The molecule has 0 aromatic heterocycles. The monoisotopic (exact) mass is 461 g/mol. The minimum absolute atomic E-state index is 0.0895. The molecule has 2 aromatic rings. The fraction of sp³-hybridized carbons (Fsp3) is 0.150. The lowest BCUT2D eigenvalue weighted by atomic mass is 9.92. The molecule has 2 aromatic carbocycles. The maximum absolute atomic E-state index is 13.2. The number of benzene rings is 2. The van der Waals surface area contributed by atoms with Gasteiger partial charge in [-0.25, -0.2) is 14.1 Å². The number of amides is 2. The van der Waals surface area contributed by atoms with Crippen molar-refractivity contribution in [2.45, 2.75) is 12.8 Å². The van der Waals surface area contributed by atoms with E-state index in [1.165, 1.54) is 49.4 Å². The third-order valence-corrected chi connectivity index (χ3v) is 4.72. The zero-order valence-electron chi connectivity index (χ0n) is 15.9. The van der Waals surface area contributed by atoms with E-state index >= 15 is 0 Å². The molecule has 0 aliphatic rings. The Balaban J connectivity index is 2.35. The van der Waals surface area contributed by atoms with E-state index in [0.717, 1.165) is 0 Å². The highest BCUT2D eigenvalue weighted by Gasteiger charge is 2.24. The maximum atomic E-state index is 13.2. The standard InChI is InChI=1S/C20H14Cl2FN5O3/c1-2-28(20(30)31)19(29)17(10-25)27-26-13-7-15(21)18(16(22)8-13)14(9-24)11-3-5-12(23)6-4-11/h3-8,14,26H,2H2,1H3,(H,30,31). The molecular weight excluding hydrogens is 448 g/mol. The molecule has 31 heavy (non-hydrogen) atoms. The molecule has 158 valence electrons. The van der Waals surface area contributed by atoms with Crippen molar-refractivity contribution in [2.24, 2.45) is 5.10 Å². The summed E-state index contributed by atoms with van der Waals surface area (Å²) in [5, 5.41) is 31.5. The molecule has 11 heteroatoms. The summed E-state index contributed by atoms with van der Waals surface area (Å²) in [6.07, 6.45) is -1.52. The lowest BCUT2D eigenvalue weighted by molar-refractivity contribution is -0.121. The largest absolute Gasteiger partial charge is 0.465 e. The lowest BCUT2D eigenvalue weighted by Crippen LogP contribution is -2.40. The van der Waals surface area contributed by atoms with Crippen LogP contribution in [0.4, 0.5) is 14.9 Å². The van der Waals surface area contributed by atoms with Gasteiger partial charge in [-0.3, -0.25) is 10.2 Å². The average molecular weight is 462 g/mol. The van der Waals surface area contributed by atoms with Crippen LogP contribution in [0.15, 0.2) is 41.5 Å². The quantitative estimate of drug-likeness (QED) is 0.477. The summed E-state index contributed by atoms with van der Waals surface area (Å²) in [6.45, 7) is 1.26. The smallest absolute Gasteiger partial charge is 0.414 e. The molecule has 0 heterocycles. The number of rotatable bonds is 6. The van der Waals surface area contributed by atoms with Crippen LogP contribution in [-0.4, -0.2) is 34.3 Å². The molecule has 0 saturated carbocycles. The molecule has 0 aliphatic heterocycles. The van der Waals surface area contributed by atoms with E-state index < -0.39 is 29.4 Å². The number of carboxylic acid groups (broad SMARTS) is 1.